The molecule has 0 aliphatic carbocycles. The molecule has 1 heterocycles. The lowest BCUT2D eigenvalue weighted by Gasteiger charge is -2.22. The van der Waals surface area contributed by atoms with Gasteiger partial charge >= 0.3 is 6.09 Å². The summed E-state index contributed by atoms with van der Waals surface area (Å²) in [5, 5.41) is 9.93. The predicted molar refractivity (Wildman–Crippen MR) is 114 cm³/mol. The molecule has 1 amide bonds. The second-order valence-electron chi connectivity index (χ2n) is 7.41. The molecule has 1 aliphatic rings. The van der Waals surface area contributed by atoms with Gasteiger partial charge in [-0.05, 0) is 33.3 Å². The SMILES string of the molecule is C=CCOc1cc(Cl)c(Cl)cc1C(=N[S+]([O-])C(C)(C)C)[C@@H]1CCN(C(=O)O)C1. The first kappa shape index (κ1) is 22.9. The number of rotatable bonds is 6. The van der Waals surface area contributed by atoms with Gasteiger partial charge in [-0.15, -0.1) is 0 Å². The fourth-order valence-electron chi connectivity index (χ4n) is 2.72. The topological polar surface area (TPSA) is 85.2 Å². The first-order chi connectivity index (χ1) is 13.0. The van der Waals surface area contributed by atoms with Crippen LogP contribution in [0, 0.1) is 5.92 Å². The second-order valence-corrected chi connectivity index (χ2v) is 10.1. The minimum atomic E-state index is -1.54. The summed E-state index contributed by atoms with van der Waals surface area (Å²) >= 11 is 10.8. The van der Waals surface area contributed by atoms with Crippen LogP contribution in [0.15, 0.2) is 29.2 Å². The van der Waals surface area contributed by atoms with Gasteiger partial charge in [0.05, 0.1) is 10.0 Å². The van der Waals surface area contributed by atoms with Crippen molar-refractivity contribution in [1.29, 1.82) is 0 Å². The van der Waals surface area contributed by atoms with Crippen LogP contribution in [-0.2, 0) is 11.4 Å². The number of ether oxygens (including phenoxy) is 1. The number of carbonyl (C=O) groups is 1. The predicted octanol–water partition coefficient (Wildman–Crippen LogP) is 4.81. The molecule has 28 heavy (non-hydrogen) atoms. The third-order valence-corrected chi connectivity index (χ3v) is 6.34. The van der Waals surface area contributed by atoms with Gasteiger partial charge in [0.1, 0.15) is 34.2 Å². The standard InChI is InChI=1S/C19H24Cl2N2O4S/c1-5-8-27-16-10-15(21)14(20)9-13(16)17(22-28(26)19(2,3)4)12-6-7-23(11-12)18(24)25/h5,9-10,12H,1,6-8,11H2,2-4H3,(H,24,25)/t12-,28?/m1/s1. The van der Waals surface area contributed by atoms with E-state index in [1.165, 1.54) is 4.90 Å². The van der Waals surface area contributed by atoms with Crippen LogP contribution >= 0.6 is 23.2 Å². The second kappa shape index (κ2) is 9.39. The van der Waals surface area contributed by atoms with Crippen LogP contribution in [0.4, 0.5) is 4.79 Å². The number of likely N-dealkylation sites (tertiary alicyclic amines) is 1. The number of halogens is 2. The summed E-state index contributed by atoms with van der Waals surface area (Å²) in [5.41, 5.74) is 1.07. The zero-order chi connectivity index (χ0) is 21.1. The fourth-order valence-corrected chi connectivity index (χ4v) is 3.74. The summed E-state index contributed by atoms with van der Waals surface area (Å²) in [7, 11) is 0. The summed E-state index contributed by atoms with van der Waals surface area (Å²) in [6.07, 6.45) is 1.17. The van der Waals surface area contributed by atoms with Gasteiger partial charge < -0.3 is 19.3 Å². The number of hydrogen-bond donors (Lipinski definition) is 1. The molecular weight excluding hydrogens is 423 g/mol. The lowest BCUT2D eigenvalue weighted by Crippen LogP contribution is -2.31. The Hall–Kier alpha value is -1.41. The van der Waals surface area contributed by atoms with Crippen LogP contribution in [-0.4, -0.2) is 50.8 Å². The van der Waals surface area contributed by atoms with Gasteiger partial charge in [-0.2, -0.15) is 0 Å². The normalized spacial score (nSPS) is 18.9. The third-order valence-electron chi connectivity index (χ3n) is 4.21. The monoisotopic (exact) mass is 446 g/mol. The molecule has 154 valence electrons. The van der Waals surface area contributed by atoms with E-state index in [0.717, 1.165) is 0 Å². The largest absolute Gasteiger partial charge is 0.591 e. The lowest BCUT2D eigenvalue weighted by molar-refractivity contribution is 0.155. The zero-order valence-electron chi connectivity index (χ0n) is 16.1. The highest BCUT2D eigenvalue weighted by atomic mass is 35.5. The van der Waals surface area contributed by atoms with Gasteiger partial charge in [-0.3, -0.25) is 0 Å². The Morgan fingerprint density at radius 3 is 2.64 bits per heavy atom. The minimum absolute atomic E-state index is 0.231. The van der Waals surface area contributed by atoms with Crippen LogP contribution in [0.1, 0.15) is 32.8 Å². The molecule has 9 heteroatoms. The van der Waals surface area contributed by atoms with E-state index in [4.69, 9.17) is 27.9 Å². The average molecular weight is 447 g/mol. The molecule has 1 N–H and O–H groups in total. The van der Waals surface area contributed by atoms with Crippen molar-refractivity contribution in [3.63, 3.8) is 0 Å². The zero-order valence-corrected chi connectivity index (χ0v) is 18.4. The van der Waals surface area contributed by atoms with Gasteiger partial charge in [0.2, 0.25) is 0 Å². The van der Waals surface area contributed by atoms with Crippen LogP contribution in [0.25, 0.3) is 0 Å². The number of nitrogens with zero attached hydrogens (tertiary/aromatic N) is 2. The molecule has 6 nitrogen and oxygen atoms in total. The highest BCUT2D eigenvalue weighted by Gasteiger charge is 2.35. The van der Waals surface area contributed by atoms with E-state index in [2.05, 4.69) is 11.0 Å². The number of benzene rings is 1. The summed E-state index contributed by atoms with van der Waals surface area (Å²) < 4.78 is 22.4. The Morgan fingerprint density at radius 2 is 2.11 bits per heavy atom. The molecule has 0 spiro atoms. The first-order valence-corrected chi connectivity index (χ1v) is 10.6. The Balaban J connectivity index is 2.56. The molecule has 1 aromatic rings. The maximum atomic E-state index is 12.8. The summed E-state index contributed by atoms with van der Waals surface area (Å²) in [6.45, 7) is 10.0. The average Bonchev–Trinajstić information content (AvgIpc) is 3.09. The molecular formula is C19H24Cl2N2O4S. The van der Waals surface area contributed by atoms with Crippen LogP contribution in [0.2, 0.25) is 10.0 Å². The van der Waals surface area contributed by atoms with E-state index in [-0.39, 0.29) is 19.1 Å². The minimum Gasteiger partial charge on any atom is -0.591 e. The van der Waals surface area contributed by atoms with Gasteiger partial charge in [0.15, 0.2) is 0 Å². The molecule has 1 aliphatic heterocycles. The van der Waals surface area contributed by atoms with E-state index >= 15 is 0 Å². The van der Waals surface area contributed by atoms with Crippen molar-refractivity contribution in [2.24, 2.45) is 10.3 Å². The van der Waals surface area contributed by atoms with Crippen molar-refractivity contribution in [3.8, 4) is 5.75 Å². The molecule has 0 aromatic heterocycles. The third kappa shape index (κ3) is 5.56. The first-order valence-electron chi connectivity index (χ1n) is 8.76. The molecule has 1 unspecified atom stereocenters. The van der Waals surface area contributed by atoms with E-state index in [1.54, 1.807) is 18.2 Å². The summed E-state index contributed by atoms with van der Waals surface area (Å²) in [5.74, 6) is 0.207. The van der Waals surface area contributed by atoms with Gasteiger partial charge in [-0.1, -0.05) is 40.3 Å². The highest BCUT2D eigenvalue weighted by molar-refractivity contribution is 7.91. The van der Waals surface area contributed by atoms with Crippen LogP contribution in [0.3, 0.4) is 0 Å². The molecule has 1 saturated heterocycles. The number of amides is 1. The van der Waals surface area contributed by atoms with E-state index in [0.29, 0.717) is 40.0 Å². The van der Waals surface area contributed by atoms with Crippen molar-refractivity contribution < 1.29 is 19.2 Å². The Kier molecular flexibility index (Phi) is 7.67. The summed E-state index contributed by atoms with van der Waals surface area (Å²) in [4.78, 5) is 12.7. The molecule has 2 atom stereocenters. The van der Waals surface area contributed by atoms with Crippen molar-refractivity contribution >= 4 is 46.4 Å². The van der Waals surface area contributed by atoms with Crippen LogP contribution < -0.4 is 4.74 Å². The maximum Gasteiger partial charge on any atom is 0.407 e. The van der Waals surface area contributed by atoms with Crippen molar-refractivity contribution in [2.75, 3.05) is 19.7 Å². The van der Waals surface area contributed by atoms with E-state index in [9.17, 15) is 14.5 Å². The van der Waals surface area contributed by atoms with Crippen LogP contribution in [0.5, 0.6) is 5.75 Å². The Morgan fingerprint density at radius 1 is 1.46 bits per heavy atom. The quantitative estimate of drug-likeness (QED) is 0.385. The van der Waals surface area contributed by atoms with Gasteiger partial charge in [-0.25, -0.2) is 4.79 Å². The molecule has 1 fully saturated rings. The molecule has 1 aromatic carbocycles. The number of hydrogen-bond acceptors (Lipinski definition) is 4. The van der Waals surface area contributed by atoms with Gasteiger partial charge in [0.25, 0.3) is 0 Å². The number of carboxylic acid groups (broad SMARTS) is 1. The van der Waals surface area contributed by atoms with E-state index < -0.39 is 22.2 Å². The molecule has 0 bridgehead atoms. The van der Waals surface area contributed by atoms with Crippen molar-refractivity contribution in [3.05, 3.63) is 40.4 Å². The van der Waals surface area contributed by atoms with Crippen molar-refractivity contribution in [1.82, 2.24) is 4.90 Å². The Labute approximate surface area is 178 Å². The molecule has 0 saturated carbocycles. The fraction of sp³-hybridized carbons (Fsp3) is 0.474. The lowest BCUT2D eigenvalue weighted by atomic mass is 9.95. The summed E-state index contributed by atoms with van der Waals surface area (Å²) in [6, 6.07) is 3.21. The molecule has 2 rings (SSSR count). The highest BCUT2D eigenvalue weighted by Crippen LogP contribution is 2.35. The van der Waals surface area contributed by atoms with Crippen molar-refractivity contribution in [2.45, 2.75) is 31.9 Å². The Bertz CT molecular complexity index is 780. The van der Waals surface area contributed by atoms with Gasteiger partial charge in [0, 0.05) is 30.6 Å². The molecule has 0 radical (unpaired) electrons. The smallest absolute Gasteiger partial charge is 0.407 e. The van der Waals surface area contributed by atoms with E-state index in [1.807, 2.05) is 20.8 Å². The maximum absolute atomic E-state index is 12.8.